The second-order valence-electron chi connectivity index (χ2n) is 12.1. The Balaban J connectivity index is 1.35. The van der Waals surface area contributed by atoms with Gasteiger partial charge in [0.15, 0.2) is 0 Å². The van der Waals surface area contributed by atoms with E-state index in [9.17, 15) is 0 Å². The molecule has 0 atom stereocenters. The van der Waals surface area contributed by atoms with Gasteiger partial charge in [-0.3, -0.25) is 4.57 Å². The van der Waals surface area contributed by atoms with Gasteiger partial charge < -0.3 is 4.74 Å². The molecular formula is C39H36N4O. The molecule has 0 unspecified atom stereocenters. The molecule has 0 bridgehead atoms. The number of hydrogen-bond donors (Lipinski definition) is 0. The molecule has 0 aliphatic rings. The molecule has 5 heteroatoms. The van der Waals surface area contributed by atoms with E-state index in [2.05, 4.69) is 131 Å². The molecule has 44 heavy (non-hydrogen) atoms. The molecule has 0 saturated carbocycles. The first-order chi connectivity index (χ1) is 21.3. The SMILES string of the molecule is Cc1ccnc(-n2c3ccc(C)cc3c3ccc(Oc4cc(C(C)C)cc(-n5nc(C)c(-c6ccccc6)c5C)c4)cc32)c1. The first-order valence-electron chi connectivity index (χ1n) is 15.2. The van der Waals surface area contributed by atoms with Gasteiger partial charge in [-0.25, -0.2) is 9.67 Å². The summed E-state index contributed by atoms with van der Waals surface area (Å²) in [5, 5.41) is 7.36. The van der Waals surface area contributed by atoms with Gasteiger partial charge in [0.1, 0.15) is 17.3 Å². The van der Waals surface area contributed by atoms with Crippen LogP contribution >= 0.6 is 0 Å². The molecule has 4 aromatic carbocycles. The lowest BCUT2D eigenvalue weighted by Gasteiger charge is -2.15. The fourth-order valence-electron chi connectivity index (χ4n) is 6.24. The van der Waals surface area contributed by atoms with Crippen molar-refractivity contribution in [3.8, 4) is 34.1 Å². The number of benzene rings is 4. The van der Waals surface area contributed by atoms with E-state index < -0.39 is 0 Å². The minimum absolute atomic E-state index is 0.323. The second kappa shape index (κ2) is 10.8. The summed E-state index contributed by atoms with van der Waals surface area (Å²) >= 11 is 0. The average Bonchev–Trinajstić information content (AvgIpc) is 3.49. The third-order valence-corrected chi connectivity index (χ3v) is 8.44. The minimum Gasteiger partial charge on any atom is -0.457 e. The van der Waals surface area contributed by atoms with Gasteiger partial charge in [-0.1, -0.05) is 55.8 Å². The van der Waals surface area contributed by atoms with Gasteiger partial charge in [-0.2, -0.15) is 5.10 Å². The lowest BCUT2D eigenvalue weighted by Crippen LogP contribution is -2.02. The lowest BCUT2D eigenvalue weighted by molar-refractivity contribution is 0.481. The van der Waals surface area contributed by atoms with Crippen molar-refractivity contribution in [1.29, 1.82) is 0 Å². The molecule has 5 nitrogen and oxygen atoms in total. The van der Waals surface area contributed by atoms with Crippen LogP contribution in [0.25, 0.3) is 44.4 Å². The number of rotatable bonds is 6. The Morgan fingerprint density at radius 1 is 0.682 bits per heavy atom. The third kappa shape index (κ3) is 4.84. The molecule has 218 valence electrons. The third-order valence-electron chi connectivity index (χ3n) is 8.44. The van der Waals surface area contributed by atoms with Crippen LogP contribution in [-0.4, -0.2) is 19.3 Å². The molecular weight excluding hydrogens is 540 g/mol. The fraction of sp³-hybridized carbons (Fsp3) is 0.179. The molecule has 0 fully saturated rings. The molecule has 0 amide bonds. The molecule has 0 radical (unpaired) electrons. The van der Waals surface area contributed by atoms with Crippen LogP contribution in [0.1, 0.15) is 47.8 Å². The Hall–Kier alpha value is -5.16. The van der Waals surface area contributed by atoms with Crippen molar-refractivity contribution in [2.75, 3.05) is 0 Å². The van der Waals surface area contributed by atoms with Crippen molar-refractivity contribution < 1.29 is 4.74 Å². The largest absolute Gasteiger partial charge is 0.457 e. The Morgan fingerprint density at radius 3 is 2.25 bits per heavy atom. The van der Waals surface area contributed by atoms with Gasteiger partial charge in [0.2, 0.25) is 0 Å². The monoisotopic (exact) mass is 576 g/mol. The predicted molar refractivity (Wildman–Crippen MR) is 181 cm³/mol. The highest BCUT2D eigenvalue weighted by molar-refractivity contribution is 6.09. The fourth-order valence-corrected chi connectivity index (χ4v) is 6.24. The molecule has 7 aromatic rings. The summed E-state index contributed by atoms with van der Waals surface area (Å²) in [4.78, 5) is 4.75. The lowest BCUT2D eigenvalue weighted by atomic mass is 10.0. The number of pyridine rings is 1. The first-order valence-corrected chi connectivity index (χ1v) is 15.2. The molecule has 3 aromatic heterocycles. The van der Waals surface area contributed by atoms with Crippen LogP contribution in [0.15, 0.2) is 103 Å². The van der Waals surface area contributed by atoms with Gasteiger partial charge in [-0.05, 0) is 98.8 Å². The standard InChI is InChI=1S/C39H36N4O/c1-24(2)30-20-31(43-28(6)39(27(5)41-43)29-10-8-7-9-11-29)22-33(21-30)44-32-13-14-34-35-18-25(3)12-15-36(35)42(37(34)23-32)38-19-26(4)16-17-40-38/h7-24H,1-6H3. The second-order valence-corrected chi connectivity index (χ2v) is 12.1. The summed E-state index contributed by atoms with van der Waals surface area (Å²) in [5.74, 6) is 2.78. The van der Waals surface area contributed by atoms with Crippen LogP contribution in [0.4, 0.5) is 0 Å². The van der Waals surface area contributed by atoms with Crippen molar-refractivity contribution in [2.24, 2.45) is 0 Å². The molecule has 0 saturated heterocycles. The highest BCUT2D eigenvalue weighted by Crippen LogP contribution is 2.37. The Kier molecular flexibility index (Phi) is 6.81. The molecule has 0 N–H and O–H groups in total. The first kappa shape index (κ1) is 27.7. The van der Waals surface area contributed by atoms with E-state index in [1.165, 1.54) is 38.6 Å². The number of nitrogens with zero attached hydrogens (tertiary/aromatic N) is 4. The molecule has 0 aliphatic heterocycles. The Morgan fingerprint density at radius 2 is 1.48 bits per heavy atom. The zero-order chi connectivity index (χ0) is 30.5. The van der Waals surface area contributed by atoms with Gasteiger partial charge in [0.05, 0.1) is 22.4 Å². The van der Waals surface area contributed by atoms with Gasteiger partial charge in [0.25, 0.3) is 0 Å². The van der Waals surface area contributed by atoms with E-state index >= 15 is 0 Å². The van der Waals surface area contributed by atoms with Crippen molar-refractivity contribution in [1.82, 2.24) is 19.3 Å². The van der Waals surface area contributed by atoms with Crippen LogP contribution < -0.4 is 4.74 Å². The van der Waals surface area contributed by atoms with E-state index in [0.29, 0.717) is 5.92 Å². The summed E-state index contributed by atoms with van der Waals surface area (Å²) in [6.45, 7) is 12.9. The maximum atomic E-state index is 6.66. The quantitative estimate of drug-likeness (QED) is 0.198. The number of aryl methyl sites for hydroxylation is 3. The van der Waals surface area contributed by atoms with E-state index in [1.54, 1.807) is 0 Å². The van der Waals surface area contributed by atoms with Crippen LogP contribution in [-0.2, 0) is 0 Å². The van der Waals surface area contributed by atoms with Crippen LogP contribution in [0.5, 0.6) is 11.5 Å². The molecule has 7 rings (SSSR count). The van der Waals surface area contributed by atoms with Crippen molar-refractivity contribution in [3.63, 3.8) is 0 Å². The highest BCUT2D eigenvalue weighted by Gasteiger charge is 2.18. The predicted octanol–water partition coefficient (Wildman–Crippen LogP) is 10.2. The Labute approximate surface area is 258 Å². The average molecular weight is 577 g/mol. The molecule has 3 heterocycles. The zero-order valence-electron chi connectivity index (χ0n) is 26.1. The normalized spacial score (nSPS) is 11.6. The Bertz CT molecular complexity index is 2170. The van der Waals surface area contributed by atoms with Crippen LogP contribution in [0.3, 0.4) is 0 Å². The van der Waals surface area contributed by atoms with E-state index in [0.717, 1.165) is 45.4 Å². The maximum Gasteiger partial charge on any atom is 0.137 e. The molecule has 0 spiro atoms. The van der Waals surface area contributed by atoms with E-state index in [1.807, 2.05) is 23.0 Å². The zero-order valence-corrected chi connectivity index (χ0v) is 26.1. The van der Waals surface area contributed by atoms with Gasteiger partial charge in [-0.15, -0.1) is 0 Å². The number of ether oxygens (including phenoxy) is 1. The maximum absolute atomic E-state index is 6.66. The topological polar surface area (TPSA) is 44.9 Å². The summed E-state index contributed by atoms with van der Waals surface area (Å²) in [7, 11) is 0. The minimum atomic E-state index is 0.323. The van der Waals surface area contributed by atoms with Gasteiger partial charge >= 0.3 is 0 Å². The number of hydrogen-bond acceptors (Lipinski definition) is 3. The summed E-state index contributed by atoms with van der Waals surface area (Å²) < 4.78 is 10.9. The van der Waals surface area contributed by atoms with Crippen molar-refractivity contribution in [3.05, 3.63) is 131 Å². The smallest absolute Gasteiger partial charge is 0.137 e. The van der Waals surface area contributed by atoms with Crippen LogP contribution in [0, 0.1) is 27.7 Å². The van der Waals surface area contributed by atoms with Crippen LogP contribution in [0.2, 0.25) is 0 Å². The van der Waals surface area contributed by atoms with E-state index in [-0.39, 0.29) is 0 Å². The molecule has 0 aliphatic carbocycles. The highest BCUT2D eigenvalue weighted by atomic mass is 16.5. The van der Waals surface area contributed by atoms with Gasteiger partial charge in [0, 0.05) is 40.4 Å². The van der Waals surface area contributed by atoms with Crippen molar-refractivity contribution in [2.45, 2.75) is 47.5 Å². The summed E-state index contributed by atoms with van der Waals surface area (Å²) in [5.41, 5.74) is 11.2. The van der Waals surface area contributed by atoms with Crippen molar-refractivity contribution >= 4 is 21.8 Å². The number of fused-ring (bicyclic) bond motifs is 3. The number of aromatic nitrogens is 4. The summed E-state index contributed by atoms with van der Waals surface area (Å²) in [6, 6.07) is 34.0. The van der Waals surface area contributed by atoms with E-state index in [4.69, 9.17) is 14.8 Å². The summed E-state index contributed by atoms with van der Waals surface area (Å²) in [6.07, 6.45) is 1.87.